The van der Waals surface area contributed by atoms with Crippen molar-refractivity contribution >= 4 is 0 Å². The fourth-order valence-electron chi connectivity index (χ4n) is 1.49. The standard InChI is InChI=1S/C14H19NO2/c1-4-6-9-15-11-12-7-8-13(17-5-2)14(10-12)16-3/h1,7-8,10,15H,5-6,9,11H2,2-3H3. The van der Waals surface area contributed by atoms with Crippen LogP contribution in [0.15, 0.2) is 18.2 Å². The van der Waals surface area contributed by atoms with Gasteiger partial charge >= 0.3 is 0 Å². The molecule has 1 N–H and O–H groups in total. The van der Waals surface area contributed by atoms with E-state index < -0.39 is 0 Å². The molecule has 0 heterocycles. The van der Waals surface area contributed by atoms with Gasteiger partial charge in [-0.1, -0.05) is 6.07 Å². The fourth-order valence-corrected chi connectivity index (χ4v) is 1.49. The van der Waals surface area contributed by atoms with Crippen molar-refractivity contribution in [2.75, 3.05) is 20.3 Å². The minimum absolute atomic E-state index is 0.635. The molecule has 0 amide bonds. The molecule has 0 aliphatic heterocycles. The second kappa shape index (κ2) is 7.59. The van der Waals surface area contributed by atoms with Crippen molar-refractivity contribution < 1.29 is 9.47 Å². The Kier molecular flexibility index (Phi) is 5.98. The van der Waals surface area contributed by atoms with Crippen LogP contribution in [-0.2, 0) is 6.54 Å². The van der Waals surface area contributed by atoms with Crippen LogP contribution in [0.1, 0.15) is 18.9 Å². The molecule has 1 aromatic rings. The predicted octanol–water partition coefficient (Wildman–Crippen LogP) is 2.21. The van der Waals surface area contributed by atoms with Crippen LogP contribution in [0.5, 0.6) is 11.5 Å². The molecule has 0 saturated heterocycles. The molecule has 3 heteroatoms. The number of methoxy groups -OCH3 is 1. The van der Waals surface area contributed by atoms with Crippen LogP contribution in [0.4, 0.5) is 0 Å². The van der Waals surface area contributed by atoms with E-state index in [0.717, 1.165) is 36.6 Å². The largest absolute Gasteiger partial charge is 0.493 e. The molecule has 1 rings (SSSR count). The summed E-state index contributed by atoms with van der Waals surface area (Å²) in [6.45, 7) is 4.20. The van der Waals surface area contributed by atoms with Gasteiger partial charge in [0, 0.05) is 19.5 Å². The van der Waals surface area contributed by atoms with E-state index in [4.69, 9.17) is 15.9 Å². The van der Waals surface area contributed by atoms with E-state index in [-0.39, 0.29) is 0 Å². The predicted molar refractivity (Wildman–Crippen MR) is 69.3 cm³/mol. The normalized spacial score (nSPS) is 9.71. The Balaban J connectivity index is 2.59. The smallest absolute Gasteiger partial charge is 0.161 e. The zero-order valence-electron chi connectivity index (χ0n) is 10.5. The van der Waals surface area contributed by atoms with Crippen LogP contribution >= 0.6 is 0 Å². The summed E-state index contributed by atoms with van der Waals surface area (Å²) in [5.41, 5.74) is 1.15. The topological polar surface area (TPSA) is 30.5 Å². The van der Waals surface area contributed by atoms with Crippen LogP contribution in [0.2, 0.25) is 0 Å². The molecule has 17 heavy (non-hydrogen) atoms. The second-order valence-electron chi connectivity index (χ2n) is 3.55. The Bertz CT molecular complexity index is 382. The van der Waals surface area contributed by atoms with E-state index in [1.807, 2.05) is 25.1 Å². The Labute approximate surface area is 103 Å². The number of rotatable bonds is 7. The highest BCUT2D eigenvalue weighted by Crippen LogP contribution is 2.27. The molecule has 0 saturated carbocycles. The molecule has 0 fully saturated rings. The molecule has 0 spiro atoms. The summed E-state index contributed by atoms with van der Waals surface area (Å²) in [4.78, 5) is 0. The van der Waals surface area contributed by atoms with Crippen LogP contribution in [0.25, 0.3) is 0 Å². The fraction of sp³-hybridized carbons (Fsp3) is 0.429. The van der Waals surface area contributed by atoms with E-state index in [1.54, 1.807) is 7.11 Å². The lowest BCUT2D eigenvalue weighted by molar-refractivity contribution is 0.310. The maximum Gasteiger partial charge on any atom is 0.161 e. The van der Waals surface area contributed by atoms with Crippen molar-refractivity contribution in [3.8, 4) is 23.8 Å². The summed E-state index contributed by atoms with van der Waals surface area (Å²) in [5, 5.41) is 3.27. The van der Waals surface area contributed by atoms with Gasteiger partial charge in [-0.2, -0.15) is 0 Å². The average molecular weight is 233 g/mol. The van der Waals surface area contributed by atoms with Gasteiger partial charge in [-0.3, -0.25) is 0 Å². The molecular formula is C14H19NO2. The zero-order chi connectivity index (χ0) is 12.5. The third kappa shape index (κ3) is 4.38. The number of ether oxygens (including phenoxy) is 2. The van der Waals surface area contributed by atoms with Crippen molar-refractivity contribution in [1.29, 1.82) is 0 Å². The minimum atomic E-state index is 0.635. The number of benzene rings is 1. The van der Waals surface area contributed by atoms with Gasteiger partial charge in [0.25, 0.3) is 0 Å². The Morgan fingerprint density at radius 1 is 1.35 bits per heavy atom. The van der Waals surface area contributed by atoms with E-state index in [1.165, 1.54) is 0 Å². The maximum absolute atomic E-state index is 5.45. The molecular weight excluding hydrogens is 214 g/mol. The molecule has 1 aromatic carbocycles. The SMILES string of the molecule is C#CCCNCc1ccc(OCC)c(OC)c1. The molecule has 0 aliphatic carbocycles. The summed E-state index contributed by atoms with van der Waals surface area (Å²) in [6.07, 6.45) is 5.92. The van der Waals surface area contributed by atoms with Crippen LogP contribution < -0.4 is 14.8 Å². The third-order valence-electron chi connectivity index (χ3n) is 2.30. The highest BCUT2D eigenvalue weighted by atomic mass is 16.5. The van der Waals surface area contributed by atoms with Crippen molar-refractivity contribution in [3.63, 3.8) is 0 Å². The summed E-state index contributed by atoms with van der Waals surface area (Å²) in [7, 11) is 1.65. The van der Waals surface area contributed by atoms with E-state index >= 15 is 0 Å². The number of hydrogen-bond acceptors (Lipinski definition) is 3. The maximum atomic E-state index is 5.45. The first kappa shape index (κ1) is 13.4. The number of hydrogen-bond donors (Lipinski definition) is 1. The third-order valence-corrected chi connectivity index (χ3v) is 2.30. The van der Waals surface area contributed by atoms with Crippen LogP contribution in [-0.4, -0.2) is 20.3 Å². The van der Waals surface area contributed by atoms with Gasteiger partial charge in [-0.25, -0.2) is 0 Å². The first-order valence-corrected chi connectivity index (χ1v) is 5.75. The number of terminal acetylenes is 1. The lowest BCUT2D eigenvalue weighted by atomic mass is 10.2. The van der Waals surface area contributed by atoms with Crippen molar-refractivity contribution in [1.82, 2.24) is 5.32 Å². The summed E-state index contributed by atoms with van der Waals surface area (Å²) < 4.78 is 10.7. The molecule has 0 unspecified atom stereocenters. The molecule has 3 nitrogen and oxygen atoms in total. The van der Waals surface area contributed by atoms with Gasteiger partial charge in [0.05, 0.1) is 13.7 Å². The Morgan fingerprint density at radius 3 is 2.82 bits per heavy atom. The van der Waals surface area contributed by atoms with Gasteiger partial charge in [-0.15, -0.1) is 12.3 Å². The monoisotopic (exact) mass is 233 g/mol. The van der Waals surface area contributed by atoms with Crippen LogP contribution in [0, 0.1) is 12.3 Å². The molecule has 0 aromatic heterocycles. The van der Waals surface area contributed by atoms with Gasteiger partial charge < -0.3 is 14.8 Å². The lowest BCUT2D eigenvalue weighted by Gasteiger charge is -2.11. The van der Waals surface area contributed by atoms with E-state index in [9.17, 15) is 0 Å². The van der Waals surface area contributed by atoms with Crippen molar-refractivity contribution in [2.45, 2.75) is 19.9 Å². The molecule has 0 bridgehead atoms. The van der Waals surface area contributed by atoms with E-state index in [0.29, 0.717) is 6.61 Å². The highest BCUT2D eigenvalue weighted by Gasteiger charge is 2.04. The van der Waals surface area contributed by atoms with Crippen LogP contribution in [0.3, 0.4) is 0 Å². The van der Waals surface area contributed by atoms with E-state index in [2.05, 4.69) is 11.2 Å². The quantitative estimate of drug-likeness (QED) is 0.578. The second-order valence-corrected chi connectivity index (χ2v) is 3.55. The Hall–Kier alpha value is -1.66. The molecule has 0 atom stereocenters. The molecule has 0 aliphatic rings. The zero-order valence-corrected chi connectivity index (χ0v) is 10.5. The van der Waals surface area contributed by atoms with Crippen molar-refractivity contribution in [2.24, 2.45) is 0 Å². The van der Waals surface area contributed by atoms with Gasteiger partial charge in [0.15, 0.2) is 11.5 Å². The van der Waals surface area contributed by atoms with Gasteiger partial charge in [0.2, 0.25) is 0 Å². The average Bonchev–Trinajstić information content (AvgIpc) is 2.36. The van der Waals surface area contributed by atoms with Gasteiger partial charge in [0.1, 0.15) is 0 Å². The molecule has 0 radical (unpaired) electrons. The minimum Gasteiger partial charge on any atom is -0.493 e. The summed E-state index contributed by atoms with van der Waals surface area (Å²) >= 11 is 0. The lowest BCUT2D eigenvalue weighted by Crippen LogP contribution is -2.14. The Morgan fingerprint density at radius 2 is 2.18 bits per heavy atom. The first-order valence-electron chi connectivity index (χ1n) is 5.75. The van der Waals surface area contributed by atoms with Gasteiger partial charge in [-0.05, 0) is 24.6 Å². The molecule has 92 valence electrons. The highest BCUT2D eigenvalue weighted by molar-refractivity contribution is 5.42. The summed E-state index contributed by atoms with van der Waals surface area (Å²) in [5.74, 6) is 4.14. The number of nitrogens with one attached hydrogen (secondary N) is 1. The van der Waals surface area contributed by atoms with Crippen molar-refractivity contribution in [3.05, 3.63) is 23.8 Å². The summed E-state index contributed by atoms with van der Waals surface area (Å²) in [6, 6.07) is 5.94. The first-order chi connectivity index (χ1) is 8.31.